The Morgan fingerprint density at radius 2 is 0.852 bits per heavy atom. The van der Waals surface area contributed by atoms with Gasteiger partial charge in [-0.05, 0) is 180 Å². The predicted octanol–water partition coefficient (Wildman–Crippen LogP) is 21.1. The largest absolute Gasteiger partial charge is 0.398 e. The number of aromatic amines is 1. The predicted molar refractivity (Wildman–Crippen MR) is 580 cm³/mol. The summed E-state index contributed by atoms with van der Waals surface area (Å²) in [5.74, 6) is 3.33. The summed E-state index contributed by atoms with van der Waals surface area (Å²) in [7, 11) is 1.56. The van der Waals surface area contributed by atoms with Crippen molar-refractivity contribution in [2.75, 3.05) is 22.9 Å². The minimum absolute atomic E-state index is 0.00287. The number of aliphatic imine (C=N–C) groups is 4. The highest BCUT2D eigenvalue weighted by Gasteiger charge is 2.29. The second-order valence-corrected chi connectivity index (χ2v) is 39.0. The number of pyridine rings is 2. The summed E-state index contributed by atoms with van der Waals surface area (Å²) in [6.45, 7) is 46.5. The molecule has 0 atom stereocenters. The van der Waals surface area contributed by atoms with Crippen LogP contribution in [0.5, 0.6) is 0 Å². The van der Waals surface area contributed by atoms with E-state index in [1.54, 1.807) is 125 Å². The van der Waals surface area contributed by atoms with Crippen molar-refractivity contribution in [3.63, 3.8) is 0 Å². The van der Waals surface area contributed by atoms with Crippen molar-refractivity contribution in [3.8, 4) is 0 Å². The highest BCUT2D eigenvalue weighted by Crippen LogP contribution is 2.38. The molecule has 9 N–H and O–H groups in total. The molecule has 0 unspecified atom stereocenters. The summed E-state index contributed by atoms with van der Waals surface area (Å²) in [5, 5.41) is 9.17. The number of carbonyl (C=O) groups excluding carboxylic acids is 5. The molecule has 44 heteroatoms. The number of ketones is 4. The van der Waals surface area contributed by atoms with Gasteiger partial charge < -0.3 is 73.6 Å². The summed E-state index contributed by atoms with van der Waals surface area (Å²) >= 11 is 5.99. The number of nitrogens with two attached hydrogens (primary N) is 4. The van der Waals surface area contributed by atoms with Crippen LogP contribution in [0.15, 0.2) is 166 Å². The van der Waals surface area contributed by atoms with E-state index in [1.165, 1.54) is 40.4 Å². The van der Waals surface area contributed by atoms with Crippen LogP contribution in [0, 0.1) is 24.4 Å². The number of carbonyl (C=O) groups is 5. The zero-order valence-electron chi connectivity index (χ0n) is 88.2. The van der Waals surface area contributed by atoms with Crippen LogP contribution in [0.2, 0.25) is 5.02 Å². The third kappa shape index (κ3) is 25.0. The SMILES string of the molecule is CC(C)c1cnn2c(N)ccnc12.CC(C)c1cnn2c1N=CCC2=O.CC(C)n1cc(Cl)c2c1N=CCC2=O.CC(C)n1cc(F)c2c(=O)n(C)cnc21.CC(C)n1cc(F)c2c(N)ccnc21.CC(C)n1cc(F)c2c1N=CCC2=O.CC(C)n1cnc2c(N)cccc21.CC(C)n1cnc2c(N)ccnc21.CC(C)n1cnc2c1C=CCC2=O.CC(C)n1cnc2c1N=CCC2=O.Cc1nc2c(ncn2C(C)C)c(=O)[nH]1. The van der Waals surface area contributed by atoms with Crippen molar-refractivity contribution in [3.05, 3.63) is 225 Å². The number of imidazole rings is 5. The van der Waals surface area contributed by atoms with Crippen molar-refractivity contribution in [1.29, 1.82) is 0 Å². The average Bonchev–Trinajstić information content (AvgIpc) is 1.63. The van der Waals surface area contributed by atoms with Crippen molar-refractivity contribution in [1.82, 2.24) is 120 Å². The van der Waals surface area contributed by atoms with E-state index in [-0.39, 0.29) is 93.6 Å². The first-order valence-electron chi connectivity index (χ1n) is 49.0. The van der Waals surface area contributed by atoms with Gasteiger partial charge in [-0.3, -0.25) is 33.6 Å². The Hall–Kier alpha value is -16.4. The van der Waals surface area contributed by atoms with Crippen molar-refractivity contribution in [2.45, 2.75) is 258 Å². The first-order chi connectivity index (χ1) is 70.6. The molecular weight excluding hydrogens is 1930 g/mol. The number of nitrogen functional groups attached to an aromatic ring is 4. The van der Waals surface area contributed by atoms with Crippen LogP contribution < -0.4 is 34.1 Å². The summed E-state index contributed by atoms with van der Waals surface area (Å²) < 4.78 is 61.7. The first kappa shape index (κ1) is 111. The maximum Gasteiger partial charge on any atom is 0.279 e. The van der Waals surface area contributed by atoms with Gasteiger partial charge in [-0.25, -0.2) is 83.0 Å². The summed E-state index contributed by atoms with van der Waals surface area (Å²) in [6.07, 6.45) is 36.6. The average molecular weight is 2060 g/mol. The number of allylic oxidation sites excluding steroid dienone is 1. The molecule has 0 bridgehead atoms. The van der Waals surface area contributed by atoms with E-state index in [9.17, 15) is 46.7 Å². The van der Waals surface area contributed by atoms with Gasteiger partial charge in [0.25, 0.3) is 17.0 Å². The molecule has 0 saturated heterocycles. The molecule has 0 fully saturated rings. The number of nitrogens with one attached hydrogen (secondary N) is 1. The summed E-state index contributed by atoms with van der Waals surface area (Å²) in [5.41, 5.74) is 35.8. The van der Waals surface area contributed by atoms with E-state index in [4.69, 9.17) is 34.5 Å². The van der Waals surface area contributed by atoms with Gasteiger partial charge in [0.1, 0.15) is 51.0 Å². The lowest BCUT2D eigenvalue weighted by atomic mass is 10.1. The molecule has 784 valence electrons. The number of benzene rings is 1. The lowest BCUT2D eigenvalue weighted by Gasteiger charge is -2.12. The number of rotatable bonds is 11. The smallest absolute Gasteiger partial charge is 0.279 e. The minimum Gasteiger partial charge on any atom is -0.398 e. The molecule has 16 aromatic heterocycles. The Bertz CT molecular complexity index is 7570. The number of aryl methyl sites for hydroxylation is 2. The number of hydrogen-bond donors (Lipinski definition) is 5. The Balaban J connectivity index is 0.000000145. The molecule has 40 nitrogen and oxygen atoms in total. The van der Waals surface area contributed by atoms with Crippen LogP contribution in [0.3, 0.4) is 0 Å². The number of fused-ring (bicyclic) bond motifs is 11. The molecule has 4 aliphatic heterocycles. The second kappa shape index (κ2) is 48.3. The molecule has 0 spiro atoms. The number of nitrogens with zero attached hydrogens (tertiary/aromatic N) is 28. The molecule has 1 aliphatic carbocycles. The maximum absolute atomic E-state index is 13.5. The van der Waals surface area contributed by atoms with Crippen LogP contribution in [0.1, 0.15) is 320 Å². The Labute approximate surface area is 863 Å². The van der Waals surface area contributed by atoms with E-state index in [0.717, 1.165) is 50.4 Å². The van der Waals surface area contributed by atoms with Gasteiger partial charge in [0, 0.05) is 172 Å². The van der Waals surface area contributed by atoms with Gasteiger partial charge in [0.2, 0.25) is 0 Å². The number of para-hydroxylation sites is 1. The second-order valence-electron chi connectivity index (χ2n) is 38.6. The topological polar surface area (TPSA) is 502 Å². The van der Waals surface area contributed by atoms with E-state index < -0.39 is 11.6 Å². The maximum atomic E-state index is 13.5. The third-order valence-electron chi connectivity index (χ3n) is 24.1. The third-order valence-corrected chi connectivity index (χ3v) is 24.4. The molecule has 1 aromatic carbocycles. The highest BCUT2D eigenvalue weighted by molar-refractivity contribution is 6.35. The quantitative estimate of drug-likeness (QED) is 0.0751. The van der Waals surface area contributed by atoms with Crippen LogP contribution in [-0.4, -0.2) is 174 Å². The Morgan fingerprint density at radius 3 is 1.46 bits per heavy atom. The normalized spacial score (nSPS) is 13.1. The highest BCUT2D eigenvalue weighted by atomic mass is 35.5. The van der Waals surface area contributed by atoms with Crippen molar-refractivity contribution < 1.29 is 37.1 Å². The molecule has 20 heterocycles. The van der Waals surface area contributed by atoms with E-state index in [2.05, 4.69) is 159 Å². The number of hydrogen-bond acceptors (Lipinski definition) is 27. The molecule has 149 heavy (non-hydrogen) atoms. The van der Waals surface area contributed by atoms with E-state index in [0.29, 0.717) is 158 Å². The van der Waals surface area contributed by atoms with Crippen LogP contribution in [0.25, 0.3) is 67.2 Å². The van der Waals surface area contributed by atoms with Crippen LogP contribution >= 0.6 is 11.6 Å². The number of H-pyrrole nitrogens is 1. The van der Waals surface area contributed by atoms with Gasteiger partial charge >= 0.3 is 0 Å². The molecule has 5 aliphatic rings. The number of aromatic nitrogens is 25. The molecule has 17 aromatic rings. The zero-order valence-corrected chi connectivity index (χ0v) is 88.9. The van der Waals surface area contributed by atoms with Crippen molar-refractivity contribution in [2.24, 2.45) is 27.0 Å². The first-order valence-corrected chi connectivity index (χ1v) is 49.4. The summed E-state index contributed by atoms with van der Waals surface area (Å²) in [6, 6.07) is 13.3. The van der Waals surface area contributed by atoms with Crippen LogP contribution in [0.4, 0.5) is 59.3 Å². The fourth-order valence-electron chi connectivity index (χ4n) is 16.1. The monoisotopic (exact) mass is 2060 g/mol. The fourth-order valence-corrected chi connectivity index (χ4v) is 16.4. The summed E-state index contributed by atoms with van der Waals surface area (Å²) in [4.78, 5) is 141. The van der Waals surface area contributed by atoms with Gasteiger partial charge in [-0.15, -0.1) is 0 Å². The van der Waals surface area contributed by atoms with E-state index in [1.807, 2.05) is 149 Å². The van der Waals surface area contributed by atoms with Gasteiger partial charge in [-0.2, -0.15) is 19.4 Å². The number of Topliss-reactive ketones (excluding diaryl/α,β-unsaturated/α-hetero) is 4. The van der Waals surface area contributed by atoms with Crippen LogP contribution in [-0.2, 0) is 7.05 Å². The van der Waals surface area contributed by atoms with Gasteiger partial charge in [-0.1, -0.05) is 51.4 Å². The number of anilines is 4. The van der Waals surface area contributed by atoms with Crippen molar-refractivity contribution >= 4 is 179 Å². The zero-order chi connectivity index (χ0) is 109. The minimum atomic E-state index is -0.507. The molecule has 0 saturated carbocycles. The van der Waals surface area contributed by atoms with E-state index >= 15 is 0 Å². The lowest BCUT2D eigenvalue weighted by Crippen LogP contribution is -2.17. The fraction of sp³-hybridized carbons (Fsp3) is 0.381. The van der Waals surface area contributed by atoms with Gasteiger partial charge in [0.05, 0.1) is 101 Å². The Kier molecular flexibility index (Phi) is 36.1. The molecule has 0 radical (unpaired) electrons. The molecule has 0 amide bonds. The number of halogens is 4. The molecular formula is C105H129ClF3N33O7. The Morgan fingerprint density at radius 1 is 0.389 bits per heavy atom. The lowest BCUT2D eigenvalue weighted by molar-refractivity contribution is 0.0905. The van der Waals surface area contributed by atoms with Gasteiger partial charge in [0.15, 0.2) is 86.0 Å². The standard InChI is InChI=1S/C10H11ClN2O.C10H12FN3O.C10H12FN3.C10H11FN2O.C10H13N3.C10H12N2O.C9H12N4O.2C9H12N4.2C9H11N3O/c1-6(2)13-5-7(11)9-8(14)3-4-12-10(9)13;1-6(2)14-4-7(11)8-9(14)12-5-13(3)10(8)15;1-6(2)14-5-7(11)9-8(12)3-4-13-10(9)14;1-6(2)13-5-7(11)9-8(14)3-4-12-10(9)13;1-7(2)13-6-12-10-8(11)4-3-5-9(10)13;1-7(2)12-6-11-10-8(12)4-3-5-9(10)13;1-5(2)13-4-10-7-8(13)11-6(3)12-9(7)14;1-6(2)7-5-12-13-8(10)3-4-11-9(7)13;1-6(2)13-5-12-8-7(10)3-4-11-9(8)13;1-6(2)7-5-11-12-8(13)3-4-10-9(7)12;1-6(2)12-5-11-8-7(13)3-4-10-9(8)12/h4-6H,3H2,1-2H3;4-6H,1-3H3;3-6H,1-2H3,(H2,12,13);4-6H,3H2,1-2H3;3-7H,11H2,1-2H3;3-4,6-7H,5H2,1-2H3;4-5H,1-3H3,(H,11,12,14);3-6H,10H2,1-2H3;3-6H,1-2H3,(H2,10,11);2*4-6H,3H2,1-2H3. The molecule has 22 rings (SSSR count).